The number of nitrogens with two attached hydrogens (primary N) is 1. The van der Waals surface area contributed by atoms with Crippen LogP contribution in [-0.4, -0.2) is 32.7 Å². The van der Waals surface area contributed by atoms with E-state index in [1.165, 1.54) is 24.5 Å². The molecule has 0 bridgehead atoms. The third-order valence-corrected chi connectivity index (χ3v) is 5.00. The smallest absolute Gasteiger partial charge is 0.254 e. The maximum Gasteiger partial charge on any atom is 0.254 e. The molecule has 1 atom stereocenters. The molecule has 2 aromatic carbocycles. The molecule has 0 radical (unpaired) electrons. The first kappa shape index (κ1) is 21.1. The number of halogens is 1. The minimum absolute atomic E-state index is 0.115. The first-order valence-electron chi connectivity index (χ1n) is 9.78. The number of hydrogen-bond donors (Lipinski definition) is 3. The Balaban J connectivity index is 1.61. The fraction of sp³-hybridized carbons (Fsp3) is 0.130. The van der Waals surface area contributed by atoms with Crippen LogP contribution >= 0.6 is 0 Å². The molecule has 4 N–H and O–H groups in total. The van der Waals surface area contributed by atoms with Crippen LogP contribution in [0.3, 0.4) is 0 Å². The number of carbonyl (C=O) groups is 1. The Bertz CT molecular complexity index is 1260. The van der Waals surface area contributed by atoms with Gasteiger partial charge in [0.25, 0.3) is 5.91 Å². The number of aliphatic hydroxyl groups excluding tert-OH is 1. The molecule has 0 saturated heterocycles. The van der Waals surface area contributed by atoms with Crippen LogP contribution in [0.25, 0.3) is 22.5 Å². The second kappa shape index (κ2) is 8.94. The molecular formula is C23H20FN5O3. The van der Waals surface area contributed by atoms with E-state index in [0.717, 1.165) is 0 Å². The number of hydrogen-bond acceptors (Lipinski definition) is 7. The summed E-state index contributed by atoms with van der Waals surface area (Å²) in [6.07, 6.45) is 2.99. The van der Waals surface area contributed by atoms with E-state index in [1.54, 1.807) is 37.3 Å². The van der Waals surface area contributed by atoms with Gasteiger partial charge in [0.1, 0.15) is 23.1 Å². The monoisotopic (exact) mass is 433 g/mol. The number of aromatic nitrogens is 3. The van der Waals surface area contributed by atoms with Gasteiger partial charge in [0.05, 0.1) is 41.9 Å². The summed E-state index contributed by atoms with van der Waals surface area (Å²) in [7, 11) is 0. The highest BCUT2D eigenvalue weighted by Gasteiger charge is 2.19. The Hall–Kier alpha value is -4.11. The molecule has 0 aliphatic heterocycles. The average molecular weight is 433 g/mol. The van der Waals surface area contributed by atoms with E-state index in [2.05, 4.69) is 20.4 Å². The van der Waals surface area contributed by atoms with Crippen LogP contribution in [0.5, 0.6) is 0 Å². The Morgan fingerprint density at radius 2 is 2.00 bits per heavy atom. The van der Waals surface area contributed by atoms with Crippen LogP contribution < -0.4 is 11.1 Å². The third-order valence-electron chi connectivity index (χ3n) is 5.00. The zero-order valence-electron chi connectivity index (χ0n) is 17.1. The van der Waals surface area contributed by atoms with Gasteiger partial charge in [-0.3, -0.25) is 4.79 Å². The molecule has 9 heteroatoms. The van der Waals surface area contributed by atoms with Crippen molar-refractivity contribution in [2.45, 2.75) is 13.0 Å². The fourth-order valence-electron chi connectivity index (χ4n) is 3.29. The zero-order valence-corrected chi connectivity index (χ0v) is 17.1. The van der Waals surface area contributed by atoms with Gasteiger partial charge in [-0.1, -0.05) is 41.6 Å². The highest BCUT2D eigenvalue weighted by Crippen LogP contribution is 2.28. The first-order chi connectivity index (χ1) is 15.5. The summed E-state index contributed by atoms with van der Waals surface area (Å²) >= 11 is 0. The summed E-state index contributed by atoms with van der Waals surface area (Å²) in [5, 5.41) is 16.0. The van der Waals surface area contributed by atoms with Gasteiger partial charge < -0.3 is 20.7 Å². The predicted octanol–water partition coefficient (Wildman–Crippen LogP) is 3.29. The quantitative estimate of drug-likeness (QED) is 0.426. The maximum absolute atomic E-state index is 14.9. The van der Waals surface area contributed by atoms with Crippen molar-refractivity contribution >= 4 is 11.7 Å². The lowest BCUT2D eigenvalue weighted by Gasteiger charge is -2.17. The summed E-state index contributed by atoms with van der Waals surface area (Å²) in [5.74, 6) is -0.726. The summed E-state index contributed by atoms with van der Waals surface area (Å²) in [6.45, 7) is 1.42. The molecule has 1 amide bonds. The number of anilines is 1. The Labute approximate surface area is 182 Å². The zero-order chi connectivity index (χ0) is 22.7. The van der Waals surface area contributed by atoms with E-state index < -0.39 is 17.8 Å². The molecule has 4 rings (SSSR count). The van der Waals surface area contributed by atoms with Crippen LogP contribution in [0.15, 0.2) is 65.4 Å². The van der Waals surface area contributed by atoms with Crippen LogP contribution in [-0.2, 0) is 0 Å². The molecule has 1 unspecified atom stereocenters. The van der Waals surface area contributed by atoms with Crippen molar-refractivity contribution in [1.29, 1.82) is 0 Å². The molecule has 0 fully saturated rings. The number of nitrogens with one attached hydrogen (secondary N) is 1. The van der Waals surface area contributed by atoms with Gasteiger partial charge in [-0.25, -0.2) is 14.4 Å². The SMILES string of the molecule is Cc1oncc1-c1cnc(N)c(-c2ccc(C(=O)NC(CO)c3ccccc3)c(F)c2)n1. The van der Waals surface area contributed by atoms with Crippen LogP contribution in [0.2, 0.25) is 0 Å². The van der Waals surface area contributed by atoms with Crippen LogP contribution in [0.4, 0.5) is 10.2 Å². The standard InChI is InChI=1S/C23H20FN5O3/c1-13-17(10-27-32-13)19-11-26-22(25)21(28-19)15-7-8-16(18(24)9-15)23(31)29-20(12-30)14-5-3-2-4-6-14/h2-11,20,30H,12H2,1H3,(H2,25,26)(H,29,31). The summed E-state index contributed by atoms with van der Waals surface area (Å²) < 4.78 is 19.9. The normalized spacial score (nSPS) is 11.8. The van der Waals surface area contributed by atoms with Gasteiger partial charge in [-0.05, 0) is 24.6 Å². The van der Waals surface area contributed by atoms with Crippen molar-refractivity contribution in [1.82, 2.24) is 20.4 Å². The molecule has 0 aliphatic rings. The molecule has 0 saturated carbocycles. The average Bonchev–Trinajstić information content (AvgIpc) is 3.24. The highest BCUT2D eigenvalue weighted by molar-refractivity contribution is 5.95. The minimum atomic E-state index is -0.752. The number of aryl methyl sites for hydroxylation is 1. The topological polar surface area (TPSA) is 127 Å². The van der Waals surface area contributed by atoms with Crippen molar-refractivity contribution in [2.24, 2.45) is 0 Å². The lowest BCUT2D eigenvalue weighted by atomic mass is 10.0. The minimum Gasteiger partial charge on any atom is -0.394 e. The summed E-state index contributed by atoms with van der Waals surface area (Å²) in [6, 6.07) is 12.4. The van der Waals surface area contributed by atoms with Crippen molar-refractivity contribution in [3.8, 4) is 22.5 Å². The second-order valence-corrected chi connectivity index (χ2v) is 7.10. The molecule has 0 aliphatic carbocycles. The van der Waals surface area contributed by atoms with Crippen LogP contribution in [0, 0.1) is 12.7 Å². The Morgan fingerprint density at radius 3 is 2.66 bits per heavy atom. The van der Waals surface area contributed by atoms with Gasteiger partial charge in [-0.15, -0.1) is 0 Å². The molecular weight excluding hydrogens is 413 g/mol. The van der Waals surface area contributed by atoms with Crippen molar-refractivity contribution < 1.29 is 18.8 Å². The van der Waals surface area contributed by atoms with E-state index in [-0.39, 0.29) is 23.7 Å². The summed E-state index contributed by atoms with van der Waals surface area (Å²) in [5.41, 5.74) is 8.27. The van der Waals surface area contributed by atoms with Gasteiger partial charge in [0.2, 0.25) is 0 Å². The lowest BCUT2D eigenvalue weighted by Crippen LogP contribution is -2.31. The van der Waals surface area contributed by atoms with Crippen LogP contribution in [0.1, 0.15) is 27.7 Å². The summed E-state index contributed by atoms with van der Waals surface area (Å²) in [4.78, 5) is 21.3. The van der Waals surface area contributed by atoms with Gasteiger partial charge in [0, 0.05) is 5.56 Å². The van der Waals surface area contributed by atoms with E-state index in [0.29, 0.717) is 28.1 Å². The van der Waals surface area contributed by atoms with E-state index in [4.69, 9.17) is 10.3 Å². The number of rotatable bonds is 6. The highest BCUT2D eigenvalue weighted by atomic mass is 19.1. The number of amides is 1. The largest absolute Gasteiger partial charge is 0.394 e. The van der Waals surface area contributed by atoms with Gasteiger partial charge in [-0.2, -0.15) is 0 Å². The molecule has 2 aromatic heterocycles. The molecule has 0 spiro atoms. The predicted molar refractivity (Wildman–Crippen MR) is 116 cm³/mol. The number of carbonyl (C=O) groups excluding carboxylic acids is 1. The van der Waals surface area contributed by atoms with E-state index in [1.807, 2.05) is 6.07 Å². The van der Waals surface area contributed by atoms with Crippen molar-refractivity contribution in [3.05, 3.63) is 83.6 Å². The maximum atomic E-state index is 14.9. The van der Waals surface area contributed by atoms with Gasteiger partial charge >= 0.3 is 0 Å². The Morgan fingerprint density at radius 1 is 1.22 bits per heavy atom. The number of nitrogen functional groups attached to an aromatic ring is 1. The number of benzene rings is 2. The molecule has 2 heterocycles. The molecule has 4 aromatic rings. The van der Waals surface area contributed by atoms with E-state index in [9.17, 15) is 14.3 Å². The van der Waals surface area contributed by atoms with Crippen molar-refractivity contribution in [3.63, 3.8) is 0 Å². The van der Waals surface area contributed by atoms with Crippen molar-refractivity contribution in [2.75, 3.05) is 12.3 Å². The third kappa shape index (κ3) is 4.19. The number of aliphatic hydroxyl groups is 1. The fourth-order valence-corrected chi connectivity index (χ4v) is 3.29. The van der Waals surface area contributed by atoms with E-state index >= 15 is 0 Å². The second-order valence-electron chi connectivity index (χ2n) is 7.10. The Kier molecular flexibility index (Phi) is 5.91. The molecule has 162 valence electrons. The first-order valence-corrected chi connectivity index (χ1v) is 9.78. The lowest BCUT2D eigenvalue weighted by molar-refractivity contribution is 0.0912. The van der Waals surface area contributed by atoms with Gasteiger partial charge in [0.15, 0.2) is 0 Å². The molecule has 32 heavy (non-hydrogen) atoms. The number of nitrogens with zero attached hydrogens (tertiary/aromatic N) is 3. The molecule has 8 nitrogen and oxygen atoms in total.